The summed E-state index contributed by atoms with van der Waals surface area (Å²) in [6.45, 7) is 10.4. The van der Waals surface area contributed by atoms with Crippen molar-refractivity contribution in [2.75, 3.05) is 46.3 Å². The lowest BCUT2D eigenvalue weighted by molar-refractivity contribution is 0.0699. The first-order chi connectivity index (χ1) is 8.74. The first-order valence-electron chi connectivity index (χ1n) is 7.90. The van der Waals surface area contributed by atoms with Crippen molar-refractivity contribution in [3.05, 3.63) is 0 Å². The summed E-state index contributed by atoms with van der Waals surface area (Å²) in [5.74, 6) is 0.844. The molecular formula is C15H29N3. The molecule has 0 spiro atoms. The Balaban J connectivity index is 1.64. The molecule has 3 saturated heterocycles. The van der Waals surface area contributed by atoms with E-state index in [1.165, 1.54) is 65.0 Å². The summed E-state index contributed by atoms with van der Waals surface area (Å²) in [5.41, 5.74) is 0. The van der Waals surface area contributed by atoms with Crippen LogP contribution in [0.3, 0.4) is 0 Å². The van der Waals surface area contributed by atoms with Crippen LogP contribution in [-0.4, -0.2) is 73.1 Å². The SMILES string of the molecule is CC1CN(C)CCC1N1CCCN2CCCC2C1. The molecular weight excluding hydrogens is 222 g/mol. The van der Waals surface area contributed by atoms with E-state index >= 15 is 0 Å². The minimum absolute atomic E-state index is 0.844. The smallest absolute Gasteiger partial charge is 0.0223 e. The molecule has 0 amide bonds. The lowest BCUT2D eigenvalue weighted by Gasteiger charge is -2.42. The zero-order valence-electron chi connectivity index (χ0n) is 12.1. The molecule has 0 aromatic rings. The number of likely N-dealkylation sites (tertiary alicyclic amines) is 1. The van der Waals surface area contributed by atoms with Crippen molar-refractivity contribution in [3.63, 3.8) is 0 Å². The van der Waals surface area contributed by atoms with E-state index in [2.05, 4.69) is 28.7 Å². The van der Waals surface area contributed by atoms with Crippen LogP contribution in [0.2, 0.25) is 0 Å². The van der Waals surface area contributed by atoms with Gasteiger partial charge in [-0.3, -0.25) is 9.80 Å². The summed E-state index contributed by atoms with van der Waals surface area (Å²) in [4.78, 5) is 8.09. The molecule has 3 aliphatic rings. The van der Waals surface area contributed by atoms with Gasteiger partial charge in [0.05, 0.1) is 0 Å². The summed E-state index contributed by atoms with van der Waals surface area (Å²) >= 11 is 0. The van der Waals surface area contributed by atoms with E-state index in [9.17, 15) is 0 Å². The van der Waals surface area contributed by atoms with Crippen LogP contribution in [0.4, 0.5) is 0 Å². The summed E-state index contributed by atoms with van der Waals surface area (Å²) < 4.78 is 0. The van der Waals surface area contributed by atoms with E-state index < -0.39 is 0 Å². The largest absolute Gasteiger partial charge is 0.306 e. The molecule has 3 aliphatic heterocycles. The molecule has 104 valence electrons. The highest BCUT2D eigenvalue weighted by Gasteiger charge is 2.34. The van der Waals surface area contributed by atoms with Gasteiger partial charge in [0.2, 0.25) is 0 Å². The summed E-state index contributed by atoms with van der Waals surface area (Å²) in [7, 11) is 2.27. The molecule has 0 saturated carbocycles. The van der Waals surface area contributed by atoms with Gasteiger partial charge in [0.25, 0.3) is 0 Å². The van der Waals surface area contributed by atoms with Gasteiger partial charge in [-0.2, -0.15) is 0 Å². The molecule has 0 N–H and O–H groups in total. The zero-order valence-corrected chi connectivity index (χ0v) is 12.1. The zero-order chi connectivity index (χ0) is 12.5. The van der Waals surface area contributed by atoms with Crippen LogP contribution in [0.5, 0.6) is 0 Å². The molecule has 0 aromatic carbocycles. The van der Waals surface area contributed by atoms with E-state index in [-0.39, 0.29) is 0 Å². The average molecular weight is 251 g/mol. The summed E-state index contributed by atoms with van der Waals surface area (Å²) in [6, 6.07) is 1.72. The van der Waals surface area contributed by atoms with Crippen LogP contribution >= 0.6 is 0 Å². The van der Waals surface area contributed by atoms with Gasteiger partial charge in [0.15, 0.2) is 0 Å². The van der Waals surface area contributed by atoms with Crippen molar-refractivity contribution in [1.29, 1.82) is 0 Å². The minimum atomic E-state index is 0.844. The van der Waals surface area contributed by atoms with Gasteiger partial charge in [-0.15, -0.1) is 0 Å². The van der Waals surface area contributed by atoms with Gasteiger partial charge in [-0.1, -0.05) is 6.92 Å². The Kier molecular flexibility index (Phi) is 3.92. The third kappa shape index (κ3) is 2.59. The number of piperidine rings is 1. The Labute approximate surface area is 112 Å². The molecule has 18 heavy (non-hydrogen) atoms. The van der Waals surface area contributed by atoms with Gasteiger partial charge in [0.1, 0.15) is 0 Å². The predicted molar refractivity (Wildman–Crippen MR) is 75.9 cm³/mol. The fourth-order valence-electron chi connectivity index (χ4n) is 4.42. The molecule has 0 aliphatic carbocycles. The van der Waals surface area contributed by atoms with Crippen LogP contribution in [-0.2, 0) is 0 Å². The maximum absolute atomic E-state index is 2.84. The van der Waals surface area contributed by atoms with Gasteiger partial charge in [-0.05, 0) is 64.8 Å². The van der Waals surface area contributed by atoms with Crippen LogP contribution in [0.1, 0.15) is 32.6 Å². The molecule has 0 aromatic heterocycles. The molecule has 3 atom stereocenters. The normalized spacial score (nSPS) is 40.7. The second kappa shape index (κ2) is 5.48. The number of rotatable bonds is 1. The molecule has 0 bridgehead atoms. The van der Waals surface area contributed by atoms with E-state index in [1.807, 2.05) is 0 Å². The van der Waals surface area contributed by atoms with E-state index in [0.29, 0.717) is 0 Å². The molecule has 3 heterocycles. The van der Waals surface area contributed by atoms with Gasteiger partial charge in [0, 0.05) is 25.2 Å². The monoisotopic (exact) mass is 251 g/mol. The first kappa shape index (κ1) is 12.9. The molecule has 0 radical (unpaired) electrons. The third-order valence-electron chi connectivity index (χ3n) is 5.37. The first-order valence-corrected chi connectivity index (χ1v) is 7.90. The number of hydrogen-bond acceptors (Lipinski definition) is 3. The molecule has 3 rings (SSSR count). The van der Waals surface area contributed by atoms with Crippen LogP contribution in [0.25, 0.3) is 0 Å². The van der Waals surface area contributed by atoms with E-state index in [0.717, 1.165) is 18.0 Å². The molecule has 3 unspecified atom stereocenters. The Morgan fingerprint density at radius 3 is 2.44 bits per heavy atom. The number of fused-ring (bicyclic) bond motifs is 1. The summed E-state index contributed by atoms with van der Waals surface area (Å²) in [6.07, 6.45) is 5.64. The fraction of sp³-hybridized carbons (Fsp3) is 1.00. The van der Waals surface area contributed by atoms with E-state index in [1.54, 1.807) is 0 Å². The van der Waals surface area contributed by atoms with Crippen molar-refractivity contribution in [2.24, 2.45) is 5.92 Å². The van der Waals surface area contributed by atoms with Gasteiger partial charge < -0.3 is 4.90 Å². The van der Waals surface area contributed by atoms with Crippen molar-refractivity contribution in [1.82, 2.24) is 14.7 Å². The predicted octanol–water partition coefficient (Wildman–Crippen LogP) is 1.50. The highest BCUT2D eigenvalue weighted by atomic mass is 15.3. The highest BCUT2D eigenvalue weighted by molar-refractivity contribution is 4.90. The van der Waals surface area contributed by atoms with Crippen LogP contribution in [0, 0.1) is 5.92 Å². The number of nitrogens with zero attached hydrogens (tertiary/aromatic N) is 3. The Bertz CT molecular complexity index is 281. The Hall–Kier alpha value is -0.120. The topological polar surface area (TPSA) is 9.72 Å². The van der Waals surface area contributed by atoms with Gasteiger partial charge in [-0.25, -0.2) is 0 Å². The quantitative estimate of drug-likeness (QED) is 0.699. The van der Waals surface area contributed by atoms with Crippen molar-refractivity contribution in [3.8, 4) is 0 Å². The second-order valence-corrected chi connectivity index (χ2v) is 6.78. The molecule has 3 nitrogen and oxygen atoms in total. The lowest BCUT2D eigenvalue weighted by atomic mass is 9.92. The van der Waals surface area contributed by atoms with Crippen LogP contribution < -0.4 is 0 Å². The Morgan fingerprint density at radius 1 is 0.833 bits per heavy atom. The highest BCUT2D eigenvalue weighted by Crippen LogP contribution is 2.27. The van der Waals surface area contributed by atoms with Crippen molar-refractivity contribution in [2.45, 2.75) is 44.7 Å². The third-order valence-corrected chi connectivity index (χ3v) is 5.37. The maximum atomic E-state index is 2.84. The van der Waals surface area contributed by atoms with Crippen LogP contribution in [0.15, 0.2) is 0 Å². The van der Waals surface area contributed by atoms with Crippen molar-refractivity contribution >= 4 is 0 Å². The lowest BCUT2D eigenvalue weighted by Crippen LogP contribution is -2.51. The van der Waals surface area contributed by atoms with Crippen molar-refractivity contribution < 1.29 is 0 Å². The maximum Gasteiger partial charge on any atom is 0.0223 e. The Morgan fingerprint density at radius 2 is 1.61 bits per heavy atom. The molecule has 3 heteroatoms. The summed E-state index contributed by atoms with van der Waals surface area (Å²) in [5, 5.41) is 0. The minimum Gasteiger partial charge on any atom is -0.306 e. The number of hydrogen-bond donors (Lipinski definition) is 0. The fourth-order valence-corrected chi connectivity index (χ4v) is 4.42. The second-order valence-electron chi connectivity index (χ2n) is 6.78. The average Bonchev–Trinajstić information content (AvgIpc) is 2.67. The molecule has 3 fully saturated rings. The van der Waals surface area contributed by atoms with Gasteiger partial charge >= 0.3 is 0 Å². The van der Waals surface area contributed by atoms with E-state index in [4.69, 9.17) is 0 Å². The standard InChI is InChI=1S/C15H29N3/c1-13-11-16(2)10-6-15(13)18-9-4-8-17-7-3-5-14(17)12-18/h13-15H,3-12H2,1-2H3.